The van der Waals surface area contributed by atoms with Crippen LogP contribution in [0.3, 0.4) is 0 Å². The van der Waals surface area contributed by atoms with Gasteiger partial charge in [-0.15, -0.1) is 0 Å². The molecule has 1 N–H and O–H groups in total. The minimum atomic E-state index is -0.461. The lowest BCUT2D eigenvalue weighted by molar-refractivity contribution is 0.0435. The van der Waals surface area contributed by atoms with E-state index in [0.29, 0.717) is 5.92 Å². The molecule has 0 aromatic rings. The third kappa shape index (κ3) is 5.37. The van der Waals surface area contributed by atoms with Crippen molar-refractivity contribution in [3.8, 4) is 0 Å². The van der Waals surface area contributed by atoms with Gasteiger partial charge in [-0.1, -0.05) is 0 Å². The highest BCUT2D eigenvalue weighted by Gasteiger charge is 2.36. The second-order valence-electron chi connectivity index (χ2n) is 6.42. The lowest BCUT2D eigenvalue weighted by Gasteiger charge is -2.27. The van der Waals surface area contributed by atoms with E-state index in [1.165, 1.54) is 0 Å². The topological polar surface area (TPSA) is 60.1 Å². The summed E-state index contributed by atoms with van der Waals surface area (Å²) >= 11 is 0. The Morgan fingerprint density at radius 3 is 2.53 bits per heavy atom. The van der Waals surface area contributed by atoms with Crippen molar-refractivity contribution in [3.63, 3.8) is 0 Å². The standard InChI is InChI=1S/C14H25NO4/c1-14(2,3)19-13(16)15-11(12-9-18-12)8-10-4-6-17-7-5-10/h10-12H,4-9H2,1-3H3,(H,15,16). The van der Waals surface area contributed by atoms with Gasteiger partial charge in [-0.05, 0) is 46.0 Å². The van der Waals surface area contributed by atoms with Gasteiger partial charge in [0, 0.05) is 13.2 Å². The Labute approximate surface area is 115 Å². The monoisotopic (exact) mass is 271 g/mol. The number of carbonyl (C=O) groups is 1. The molecule has 1 amide bonds. The Balaban J connectivity index is 1.80. The third-order valence-electron chi connectivity index (χ3n) is 3.44. The highest BCUT2D eigenvalue weighted by atomic mass is 16.6. The lowest BCUT2D eigenvalue weighted by atomic mass is 9.91. The number of alkyl carbamates (subject to hydrolysis) is 1. The fraction of sp³-hybridized carbons (Fsp3) is 0.929. The van der Waals surface area contributed by atoms with Gasteiger partial charge in [-0.2, -0.15) is 0 Å². The van der Waals surface area contributed by atoms with E-state index in [0.717, 1.165) is 39.1 Å². The van der Waals surface area contributed by atoms with Gasteiger partial charge in [0.25, 0.3) is 0 Å². The third-order valence-corrected chi connectivity index (χ3v) is 3.44. The number of amides is 1. The molecule has 0 spiro atoms. The summed E-state index contributed by atoms with van der Waals surface area (Å²) < 4.78 is 16.0. The first-order valence-corrected chi connectivity index (χ1v) is 7.13. The predicted octanol–water partition coefficient (Wildman–Crippen LogP) is 2.10. The summed E-state index contributed by atoms with van der Waals surface area (Å²) in [7, 11) is 0. The maximum absolute atomic E-state index is 11.8. The summed E-state index contributed by atoms with van der Waals surface area (Å²) in [4.78, 5) is 11.8. The molecular weight excluding hydrogens is 246 g/mol. The van der Waals surface area contributed by atoms with Crippen LogP contribution in [0, 0.1) is 5.92 Å². The molecule has 0 bridgehead atoms. The Morgan fingerprint density at radius 2 is 2.00 bits per heavy atom. The number of carbonyl (C=O) groups excluding carboxylic acids is 1. The Morgan fingerprint density at radius 1 is 1.37 bits per heavy atom. The van der Waals surface area contributed by atoms with E-state index < -0.39 is 5.60 Å². The minimum absolute atomic E-state index is 0.0675. The highest BCUT2D eigenvalue weighted by Crippen LogP contribution is 2.26. The van der Waals surface area contributed by atoms with E-state index in [-0.39, 0.29) is 18.2 Å². The first-order chi connectivity index (χ1) is 8.94. The normalized spacial score (nSPS) is 25.7. The second-order valence-corrected chi connectivity index (χ2v) is 6.42. The molecular formula is C14H25NO4. The SMILES string of the molecule is CC(C)(C)OC(=O)NC(CC1CCOCC1)C1CO1. The van der Waals surface area contributed by atoms with Crippen LogP contribution in [0.5, 0.6) is 0 Å². The van der Waals surface area contributed by atoms with Gasteiger partial charge in [0.1, 0.15) is 11.7 Å². The fourth-order valence-electron chi connectivity index (χ4n) is 2.39. The van der Waals surface area contributed by atoms with E-state index in [2.05, 4.69) is 5.32 Å². The van der Waals surface area contributed by atoms with E-state index in [9.17, 15) is 4.79 Å². The van der Waals surface area contributed by atoms with Gasteiger partial charge in [-0.25, -0.2) is 4.79 Å². The van der Waals surface area contributed by atoms with E-state index in [1.54, 1.807) is 0 Å². The van der Waals surface area contributed by atoms with Crippen molar-refractivity contribution < 1.29 is 19.0 Å². The Kier molecular flexibility index (Phi) is 4.68. The molecule has 2 rings (SSSR count). The van der Waals surface area contributed by atoms with Gasteiger partial charge in [0.2, 0.25) is 0 Å². The van der Waals surface area contributed by atoms with Crippen molar-refractivity contribution in [1.29, 1.82) is 0 Å². The van der Waals surface area contributed by atoms with Crippen LogP contribution in [0.25, 0.3) is 0 Å². The van der Waals surface area contributed by atoms with Crippen molar-refractivity contribution in [2.24, 2.45) is 5.92 Å². The van der Waals surface area contributed by atoms with Gasteiger partial charge in [0.05, 0.1) is 12.6 Å². The zero-order valence-electron chi connectivity index (χ0n) is 12.1. The van der Waals surface area contributed by atoms with Crippen molar-refractivity contribution in [1.82, 2.24) is 5.32 Å². The summed E-state index contributed by atoms with van der Waals surface area (Å²) in [5.74, 6) is 0.609. The fourth-order valence-corrected chi connectivity index (χ4v) is 2.39. The lowest BCUT2D eigenvalue weighted by Crippen LogP contribution is -2.43. The van der Waals surface area contributed by atoms with Crippen LogP contribution >= 0.6 is 0 Å². The van der Waals surface area contributed by atoms with Crippen molar-refractivity contribution >= 4 is 6.09 Å². The number of hydrogen-bond donors (Lipinski definition) is 1. The van der Waals surface area contributed by atoms with Crippen LogP contribution in [0.2, 0.25) is 0 Å². The smallest absolute Gasteiger partial charge is 0.407 e. The number of nitrogens with one attached hydrogen (secondary N) is 1. The van der Waals surface area contributed by atoms with Crippen LogP contribution in [0.1, 0.15) is 40.0 Å². The molecule has 5 nitrogen and oxygen atoms in total. The quantitative estimate of drug-likeness (QED) is 0.795. The van der Waals surface area contributed by atoms with Crippen LogP contribution in [0.15, 0.2) is 0 Å². The molecule has 0 aromatic carbocycles. The molecule has 19 heavy (non-hydrogen) atoms. The molecule has 0 aliphatic carbocycles. The maximum Gasteiger partial charge on any atom is 0.407 e. The largest absolute Gasteiger partial charge is 0.444 e. The van der Waals surface area contributed by atoms with Crippen molar-refractivity contribution in [3.05, 3.63) is 0 Å². The molecule has 2 unspecified atom stereocenters. The van der Waals surface area contributed by atoms with Gasteiger partial charge in [0.15, 0.2) is 0 Å². The van der Waals surface area contributed by atoms with Gasteiger partial charge in [-0.3, -0.25) is 0 Å². The molecule has 2 heterocycles. The number of rotatable bonds is 4. The minimum Gasteiger partial charge on any atom is -0.444 e. The zero-order chi connectivity index (χ0) is 13.9. The number of hydrogen-bond acceptors (Lipinski definition) is 4. The molecule has 2 saturated heterocycles. The van der Waals surface area contributed by atoms with E-state index in [4.69, 9.17) is 14.2 Å². The summed E-state index contributed by atoms with van der Waals surface area (Å²) in [5.41, 5.74) is -0.461. The van der Waals surface area contributed by atoms with Crippen LogP contribution in [0.4, 0.5) is 4.79 Å². The van der Waals surface area contributed by atoms with Gasteiger partial charge < -0.3 is 19.5 Å². The van der Waals surface area contributed by atoms with E-state index in [1.807, 2.05) is 20.8 Å². The molecule has 2 atom stereocenters. The summed E-state index contributed by atoms with van der Waals surface area (Å²) in [6, 6.07) is 0.0675. The second kappa shape index (κ2) is 6.09. The summed E-state index contributed by atoms with van der Waals surface area (Å²) in [6.07, 6.45) is 2.90. The maximum atomic E-state index is 11.8. The molecule has 0 radical (unpaired) electrons. The summed E-state index contributed by atoms with van der Waals surface area (Å²) in [5, 5.41) is 2.96. The van der Waals surface area contributed by atoms with Crippen LogP contribution < -0.4 is 5.32 Å². The van der Waals surface area contributed by atoms with E-state index >= 15 is 0 Å². The zero-order valence-corrected chi connectivity index (χ0v) is 12.1. The number of epoxide rings is 1. The molecule has 110 valence electrons. The van der Waals surface area contributed by atoms with Crippen LogP contribution in [-0.4, -0.2) is 43.7 Å². The van der Waals surface area contributed by atoms with Gasteiger partial charge >= 0.3 is 6.09 Å². The molecule has 0 saturated carbocycles. The Bertz CT molecular complexity index is 303. The first-order valence-electron chi connectivity index (χ1n) is 7.13. The molecule has 2 aliphatic heterocycles. The molecule has 0 aromatic heterocycles. The van der Waals surface area contributed by atoms with Crippen molar-refractivity contribution in [2.75, 3.05) is 19.8 Å². The first kappa shape index (κ1) is 14.6. The molecule has 2 fully saturated rings. The summed E-state index contributed by atoms with van der Waals surface area (Å²) in [6.45, 7) is 8.00. The Hall–Kier alpha value is -0.810. The van der Waals surface area contributed by atoms with Crippen LogP contribution in [-0.2, 0) is 14.2 Å². The predicted molar refractivity (Wildman–Crippen MR) is 71.1 cm³/mol. The average molecular weight is 271 g/mol. The van der Waals surface area contributed by atoms with Crippen molar-refractivity contribution in [2.45, 2.75) is 57.8 Å². The molecule has 2 aliphatic rings. The number of ether oxygens (including phenoxy) is 3. The average Bonchev–Trinajstić information content (AvgIpc) is 3.10. The molecule has 5 heteroatoms. The highest BCUT2D eigenvalue weighted by molar-refractivity contribution is 5.68.